The zero-order chi connectivity index (χ0) is 20.3. The van der Waals surface area contributed by atoms with Crippen molar-refractivity contribution in [2.75, 3.05) is 12.3 Å². The fourth-order valence-corrected chi connectivity index (χ4v) is 3.39. The summed E-state index contributed by atoms with van der Waals surface area (Å²) >= 11 is 5.83. The van der Waals surface area contributed by atoms with Crippen molar-refractivity contribution in [3.8, 4) is 11.8 Å². The van der Waals surface area contributed by atoms with Crippen molar-refractivity contribution in [3.63, 3.8) is 0 Å². The second kappa shape index (κ2) is 8.54. The lowest BCUT2D eigenvalue weighted by Crippen LogP contribution is -2.49. The van der Waals surface area contributed by atoms with Gasteiger partial charge < -0.3 is 15.2 Å². The number of nitrogens with two attached hydrogens (primary N) is 1. The van der Waals surface area contributed by atoms with Crippen molar-refractivity contribution in [2.45, 2.75) is 70.8 Å². The van der Waals surface area contributed by atoms with Gasteiger partial charge in [0.25, 0.3) is 0 Å². The summed E-state index contributed by atoms with van der Waals surface area (Å²) in [6.45, 7) is 6.29. The monoisotopic (exact) mass is 406 g/mol. The van der Waals surface area contributed by atoms with E-state index < -0.39 is 5.60 Å². The Hall–Kier alpha value is -2.04. The SMILES string of the molecule is CC(C)(C)OC(=O)N1CCCCC1OC1CC(C#Cc2cc(Cl)nnc2N)C1. The Balaban J connectivity index is 1.52. The molecule has 1 saturated carbocycles. The Morgan fingerprint density at radius 1 is 1.32 bits per heavy atom. The third kappa shape index (κ3) is 5.49. The van der Waals surface area contributed by atoms with E-state index in [1.54, 1.807) is 11.0 Å². The molecule has 1 aliphatic heterocycles. The maximum absolute atomic E-state index is 12.5. The van der Waals surface area contributed by atoms with E-state index in [1.807, 2.05) is 20.8 Å². The van der Waals surface area contributed by atoms with E-state index in [1.165, 1.54) is 0 Å². The summed E-state index contributed by atoms with van der Waals surface area (Å²) in [4.78, 5) is 14.2. The first-order valence-electron chi connectivity index (χ1n) is 9.66. The van der Waals surface area contributed by atoms with Crippen LogP contribution in [-0.4, -0.2) is 45.7 Å². The molecule has 3 rings (SSSR count). The summed E-state index contributed by atoms with van der Waals surface area (Å²) in [5.74, 6) is 6.73. The van der Waals surface area contributed by atoms with Crippen molar-refractivity contribution in [3.05, 3.63) is 16.8 Å². The Labute approximate surface area is 170 Å². The zero-order valence-corrected chi connectivity index (χ0v) is 17.3. The smallest absolute Gasteiger partial charge is 0.412 e. The van der Waals surface area contributed by atoms with E-state index in [0.717, 1.165) is 32.1 Å². The quantitative estimate of drug-likeness (QED) is 0.754. The predicted octanol–water partition coefficient (Wildman–Crippen LogP) is 3.61. The highest BCUT2D eigenvalue weighted by Gasteiger charge is 2.36. The summed E-state index contributed by atoms with van der Waals surface area (Å²) in [5.41, 5.74) is 5.84. The first-order valence-corrected chi connectivity index (χ1v) is 10.0. The molecule has 0 bridgehead atoms. The highest BCUT2D eigenvalue weighted by atomic mass is 35.5. The first-order chi connectivity index (χ1) is 13.2. The van der Waals surface area contributed by atoms with Gasteiger partial charge in [0.05, 0.1) is 11.7 Å². The number of nitrogen functional groups attached to an aromatic ring is 1. The minimum Gasteiger partial charge on any atom is -0.444 e. The molecule has 152 valence electrons. The van der Waals surface area contributed by atoms with Gasteiger partial charge >= 0.3 is 6.09 Å². The fourth-order valence-electron chi connectivity index (χ4n) is 3.25. The predicted molar refractivity (Wildman–Crippen MR) is 107 cm³/mol. The molecule has 2 aliphatic rings. The normalized spacial score (nSPS) is 24.7. The van der Waals surface area contributed by atoms with Crippen LogP contribution < -0.4 is 5.73 Å². The molecule has 1 aliphatic carbocycles. The maximum Gasteiger partial charge on any atom is 0.412 e. The summed E-state index contributed by atoms with van der Waals surface area (Å²) in [7, 11) is 0. The van der Waals surface area contributed by atoms with Crippen molar-refractivity contribution < 1.29 is 14.3 Å². The largest absolute Gasteiger partial charge is 0.444 e. The number of hydrogen-bond donors (Lipinski definition) is 1. The number of rotatable bonds is 2. The highest BCUT2D eigenvalue weighted by Crippen LogP contribution is 2.33. The number of nitrogens with zero attached hydrogens (tertiary/aromatic N) is 3. The van der Waals surface area contributed by atoms with Gasteiger partial charge in [0.15, 0.2) is 11.0 Å². The molecule has 1 amide bonds. The Kier molecular flexibility index (Phi) is 6.31. The second-order valence-corrected chi connectivity index (χ2v) is 8.67. The number of carbonyl (C=O) groups excluding carboxylic acids is 1. The van der Waals surface area contributed by atoms with Crippen LogP contribution in [0.15, 0.2) is 6.07 Å². The van der Waals surface area contributed by atoms with E-state index in [-0.39, 0.29) is 35.3 Å². The molecule has 0 spiro atoms. The summed E-state index contributed by atoms with van der Waals surface area (Å²) in [6, 6.07) is 1.62. The third-order valence-electron chi connectivity index (χ3n) is 4.72. The average Bonchev–Trinajstić information content (AvgIpc) is 2.58. The molecule has 0 aromatic carbocycles. The molecule has 2 N–H and O–H groups in total. The lowest BCUT2D eigenvalue weighted by molar-refractivity contribution is -0.140. The van der Waals surface area contributed by atoms with Crippen LogP contribution in [0, 0.1) is 17.8 Å². The van der Waals surface area contributed by atoms with E-state index in [2.05, 4.69) is 22.0 Å². The van der Waals surface area contributed by atoms with Gasteiger partial charge in [0.1, 0.15) is 11.8 Å². The standard InChI is InChI=1S/C20H27ClN4O3/c1-20(2,3)28-19(26)25-9-5-4-6-17(25)27-15-10-13(11-15)7-8-14-12-16(21)23-24-18(14)22/h12-13,15,17H,4-6,9-11H2,1-3H3,(H2,22,24). The molecular weight excluding hydrogens is 380 g/mol. The number of piperidine rings is 1. The zero-order valence-electron chi connectivity index (χ0n) is 16.6. The second-order valence-electron chi connectivity index (χ2n) is 8.29. The Bertz CT molecular complexity index is 778. The minimum atomic E-state index is -0.511. The molecule has 2 heterocycles. The topological polar surface area (TPSA) is 90.6 Å². The molecule has 1 atom stereocenters. The van der Waals surface area contributed by atoms with E-state index in [4.69, 9.17) is 26.8 Å². The fraction of sp³-hybridized carbons (Fsp3) is 0.650. The minimum absolute atomic E-state index is 0.101. The molecule has 7 nitrogen and oxygen atoms in total. The summed E-state index contributed by atoms with van der Waals surface area (Å²) in [5, 5.41) is 7.71. The van der Waals surface area contributed by atoms with Gasteiger partial charge in [-0.05, 0) is 58.9 Å². The van der Waals surface area contributed by atoms with Gasteiger partial charge in [-0.3, -0.25) is 4.90 Å². The van der Waals surface area contributed by atoms with Gasteiger partial charge in [-0.25, -0.2) is 4.79 Å². The molecular formula is C20H27ClN4O3. The highest BCUT2D eigenvalue weighted by molar-refractivity contribution is 6.29. The van der Waals surface area contributed by atoms with Crippen LogP contribution in [0.3, 0.4) is 0 Å². The number of halogens is 1. The molecule has 28 heavy (non-hydrogen) atoms. The van der Waals surface area contributed by atoms with E-state index in [9.17, 15) is 4.79 Å². The van der Waals surface area contributed by atoms with Gasteiger partial charge in [0.2, 0.25) is 0 Å². The summed E-state index contributed by atoms with van der Waals surface area (Å²) in [6.07, 6.45) is 4.10. The molecule has 1 unspecified atom stereocenters. The molecule has 0 radical (unpaired) electrons. The lowest BCUT2D eigenvalue weighted by atomic mass is 9.82. The van der Waals surface area contributed by atoms with Crippen molar-refractivity contribution in [1.82, 2.24) is 15.1 Å². The third-order valence-corrected chi connectivity index (χ3v) is 4.91. The molecule has 1 saturated heterocycles. The number of aromatic nitrogens is 2. The molecule has 2 fully saturated rings. The van der Waals surface area contributed by atoms with Crippen molar-refractivity contribution in [1.29, 1.82) is 0 Å². The summed E-state index contributed by atoms with van der Waals surface area (Å²) < 4.78 is 11.7. The number of carbonyl (C=O) groups is 1. The average molecular weight is 407 g/mol. The number of likely N-dealkylation sites (tertiary alicyclic amines) is 1. The van der Waals surface area contributed by atoms with Crippen molar-refractivity contribution in [2.24, 2.45) is 5.92 Å². The molecule has 1 aromatic rings. The Morgan fingerprint density at radius 2 is 2.07 bits per heavy atom. The van der Waals surface area contributed by atoms with Crippen LogP contribution in [0.1, 0.15) is 58.4 Å². The maximum atomic E-state index is 12.5. The number of hydrogen-bond acceptors (Lipinski definition) is 6. The van der Waals surface area contributed by atoms with E-state index in [0.29, 0.717) is 12.1 Å². The van der Waals surface area contributed by atoms with Crippen LogP contribution in [-0.2, 0) is 9.47 Å². The molecule has 1 aromatic heterocycles. The van der Waals surface area contributed by atoms with Crippen LogP contribution in [0.5, 0.6) is 0 Å². The van der Waals surface area contributed by atoms with Gasteiger partial charge in [-0.1, -0.05) is 23.4 Å². The van der Waals surface area contributed by atoms with Gasteiger partial charge in [0, 0.05) is 12.5 Å². The van der Waals surface area contributed by atoms with Crippen LogP contribution in [0.2, 0.25) is 5.15 Å². The van der Waals surface area contributed by atoms with Gasteiger partial charge in [-0.2, -0.15) is 0 Å². The first kappa shape index (κ1) is 20.7. The number of amides is 1. The van der Waals surface area contributed by atoms with E-state index >= 15 is 0 Å². The molecule has 8 heteroatoms. The Morgan fingerprint density at radius 3 is 2.79 bits per heavy atom. The number of anilines is 1. The van der Waals surface area contributed by atoms with Crippen LogP contribution in [0.4, 0.5) is 10.6 Å². The van der Waals surface area contributed by atoms with Crippen LogP contribution in [0.25, 0.3) is 0 Å². The van der Waals surface area contributed by atoms with Gasteiger partial charge in [-0.15, -0.1) is 10.2 Å². The van der Waals surface area contributed by atoms with Crippen LogP contribution >= 0.6 is 11.6 Å². The van der Waals surface area contributed by atoms with Crippen molar-refractivity contribution >= 4 is 23.5 Å². The lowest BCUT2D eigenvalue weighted by Gasteiger charge is -2.41. The number of ether oxygens (including phenoxy) is 2.